The van der Waals surface area contributed by atoms with Gasteiger partial charge in [0, 0.05) is 12.0 Å². The van der Waals surface area contributed by atoms with Crippen molar-refractivity contribution < 1.29 is 9.18 Å². The summed E-state index contributed by atoms with van der Waals surface area (Å²) in [4.78, 5) is 11.9. The van der Waals surface area contributed by atoms with E-state index in [9.17, 15) is 9.18 Å². The summed E-state index contributed by atoms with van der Waals surface area (Å²) in [6.45, 7) is 2.15. The van der Waals surface area contributed by atoms with E-state index in [1.54, 1.807) is 0 Å². The molecule has 0 saturated heterocycles. The van der Waals surface area contributed by atoms with Crippen molar-refractivity contribution in [2.45, 2.75) is 45.4 Å². The monoisotopic (exact) mass is 296 g/mol. The highest BCUT2D eigenvalue weighted by molar-refractivity contribution is 7.80. The number of anilines is 1. The molecule has 0 aliphatic rings. The highest BCUT2D eigenvalue weighted by atomic mass is 32.1. The van der Waals surface area contributed by atoms with Crippen LogP contribution in [0.4, 0.5) is 10.1 Å². The minimum Gasteiger partial charge on any atom is -0.389 e. The van der Waals surface area contributed by atoms with Crippen molar-refractivity contribution in [3.8, 4) is 0 Å². The predicted molar refractivity (Wildman–Crippen MR) is 84.3 cm³/mol. The summed E-state index contributed by atoms with van der Waals surface area (Å²) in [5.41, 5.74) is 6.36. The van der Waals surface area contributed by atoms with Gasteiger partial charge in [-0.3, -0.25) is 4.79 Å². The number of carbonyl (C=O) groups excluding carboxylic acids is 1. The zero-order valence-corrected chi connectivity index (χ0v) is 12.6. The fraction of sp³-hybridized carbons (Fsp3) is 0.467. The number of rotatable bonds is 8. The number of halogens is 1. The molecule has 0 heterocycles. The molecule has 1 rings (SSSR count). The maximum atomic E-state index is 13.1. The first-order chi connectivity index (χ1) is 9.54. The third-order valence-electron chi connectivity index (χ3n) is 3.03. The number of nitrogens with one attached hydrogen (secondary N) is 1. The molecule has 1 aromatic carbocycles. The molecule has 0 aliphatic carbocycles. The summed E-state index contributed by atoms with van der Waals surface area (Å²) in [7, 11) is 0. The molecular formula is C15H21FN2OS. The Balaban J connectivity index is 2.51. The maximum Gasteiger partial charge on any atom is 0.224 e. The van der Waals surface area contributed by atoms with E-state index >= 15 is 0 Å². The van der Waals surface area contributed by atoms with Crippen LogP contribution >= 0.6 is 12.2 Å². The van der Waals surface area contributed by atoms with E-state index in [-0.39, 0.29) is 10.9 Å². The first-order valence-electron chi connectivity index (χ1n) is 6.93. The number of amides is 1. The van der Waals surface area contributed by atoms with E-state index < -0.39 is 5.82 Å². The van der Waals surface area contributed by atoms with Crippen molar-refractivity contribution in [2.24, 2.45) is 5.73 Å². The van der Waals surface area contributed by atoms with Crippen LogP contribution in [0.15, 0.2) is 18.2 Å². The topological polar surface area (TPSA) is 55.1 Å². The average molecular weight is 296 g/mol. The second-order valence-electron chi connectivity index (χ2n) is 4.77. The van der Waals surface area contributed by atoms with Gasteiger partial charge in [-0.15, -0.1) is 0 Å². The Morgan fingerprint density at radius 2 is 2.00 bits per heavy atom. The quantitative estimate of drug-likeness (QED) is 0.567. The summed E-state index contributed by atoms with van der Waals surface area (Å²) < 4.78 is 13.1. The number of carbonyl (C=O) groups is 1. The van der Waals surface area contributed by atoms with Crippen molar-refractivity contribution >= 4 is 28.8 Å². The van der Waals surface area contributed by atoms with Gasteiger partial charge in [-0.25, -0.2) is 4.39 Å². The van der Waals surface area contributed by atoms with Gasteiger partial charge >= 0.3 is 0 Å². The third kappa shape index (κ3) is 5.65. The minimum atomic E-state index is -0.426. The van der Waals surface area contributed by atoms with Crippen molar-refractivity contribution in [3.63, 3.8) is 0 Å². The Morgan fingerprint density at radius 3 is 2.65 bits per heavy atom. The molecule has 1 amide bonds. The normalized spacial score (nSPS) is 10.3. The molecule has 3 nitrogen and oxygen atoms in total. The van der Waals surface area contributed by atoms with Gasteiger partial charge < -0.3 is 11.1 Å². The SMILES string of the molecule is CCCCCCCC(=O)Nc1ccc(F)cc1C(N)=S. The summed E-state index contributed by atoms with van der Waals surface area (Å²) in [6.07, 6.45) is 5.89. The molecule has 0 radical (unpaired) electrons. The van der Waals surface area contributed by atoms with Crippen LogP contribution < -0.4 is 11.1 Å². The van der Waals surface area contributed by atoms with Gasteiger partial charge in [0.15, 0.2) is 0 Å². The summed E-state index contributed by atoms with van der Waals surface area (Å²) in [5, 5.41) is 2.74. The number of benzene rings is 1. The Labute approximate surface area is 124 Å². The summed E-state index contributed by atoms with van der Waals surface area (Å²) in [5.74, 6) is -0.518. The number of hydrogen-bond acceptors (Lipinski definition) is 2. The minimum absolute atomic E-state index is 0.0720. The second-order valence-corrected chi connectivity index (χ2v) is 5.21. The zero-order valence-electron chi connectivity index (χ0n) is 11.7. The molecule has 0 fully saturated rings. The van der Waals surface area contributed by atoms with Crippen LogP contribution in [0.1, 0.15) is 51.0 Å². The molecule has 20 heavy (non-hydrogen) atoms. The first-order valence-corrected chi connectivity index (χ1v) is 7.34. The zero-order chi connectivity index (χ0) is 15.0. The average Bonchev–Trinajstić information content (AvgIpc) is 2.40. The molecule has 0 aromatic heterocycles. The largest absolute Gasteiger partial charge is 0.389 e. The highest BCUT2D eigenvalue weighted by Gasteiger charge is 2.10. The van der Waals surface area contributed by atoms with E-state index in [0.29, 0.717) is 17.7 Å². The molecule has 0 atom stereocenters. The Kier molecular flexibility index (Phi) is 7.15. The molecule has 0 aliphatic heterocycles. The maximum absolute atomic E-state index is 13.1. The lowest BCUT2D eigenvalue weighted by Gasteiger charge is -2.10. The standard InChI is InChI=1S/C15H21FN2OS/c1-2-3-4-5-6-7-14(19)18-13-9-8-11(16)10-12(13)15(17)20/h8-10H,2-7H2,1H3,(H2,17,20)(H,18,19). The summed E-state index contributed by atoms with van der Waals surface area (Å²) >= 11 is 4.86. The number of hydrogen-bond donors (Lipinski definition) is 2. The number of unbranched alkanes of at least 4 members (excludes halogenated alkanes) is 4. The van der Waals surface area contributed by atoms with Crippen molar-refractivity contribution in [3.05, 3.63) is 29.6 Å². The van der Waals surface area contributed by atoms with E-state index in [1.165, 1.54) is 31.0 Å². The lowest BCUT2D eigenvalue weighted by Crippen LogP contribution is -2.17. The van der Waals surface area contributed by atoms with Gasteiger partial charge in [0.05, 0.1) is 5.69 Å². The van der Waals surface area contributed by atoms with Gasteiger partial charge in [-0.05, 0) is 24.6 Å². The fourth-order valence-corrected chi connectivity index (χ4v) is 2.10. The Morgan fingerprint density at radius 1 is 1.30 bits per heavy atom. The van der Waals surface area contributed by atoms with Crippen LogP contribution in [-0.2, 0) is 4.79 Å². The van der Waals surface area contributed by atoms with E-state index in [0.717, 1.165) is 19.3 Å². The number of nitrogens with two attached hydrogens (primary N) is 1. The van der Waals surface area contributed by atoms with Gasteiger partial charge in [0.25, 0.3) is 0 Å². The lowest BCUT2D eigenvalue weighted by atomic mass is 10.1. The van der Waals surface area contributed by atoms with Gasteiger partial charge in [0.1, 0.15) is 10.8 Å². The molecule has 0 bridgehead atoms. The number of thiocarbonyl (C=S) groups is 1. The molecule has 0 spiro atoms. The van der Waals surface area contributed by atoms with Gasteiger partial charge in [0.2, 0.25) is 5.91 Å². The van der Waals surface area contributed by atoms with E-state index in [2.05, 4.69) is 12.2 Å². The highest BCUT2D eigenvalue weighted by Crippen LogP contribution is 2.17. The second kappa shape index (κ2) is 8.64. The molecule has 0 unspecified atom stereocenters. The molecule has 3 N–H and O–H groups in total. The molecular weight excluding hydrogens is 275 g/mol. The molecule has 110 valence electrons. The molecule has 0 saturated carbocycles. The molecule has 1 aromatic rings. The predicted octanol–water partition coefficient (Wildman–Crippen LogP) is 3.76. The van der Waals surface area contributed by atoms with E-state index in [1.807, 2.05) is 0 Å². The van der Waals surface area contributed by atoms with Crippen LogP contribution in [0.25, 0.3) is 0 Å². The van der Waals surface area contributed by atoms with Crippen LogP contribution in [0.2, 0.25) is 0 Å². The van der Waals surface area contributed by atoms with Crippen molar-refractivity contribution in [1.29, 1.82) is 0 Å². The van der Waals surface area contributed by atoms with Crippen LogP contribution in [0.3, 0.4) is 0 Å². The van der Waals surface area contributed by atoms with Crippen LogP contribution in [0, 0.1) is 5.82 Å². The molecule has 5 heteroatoms. The Hall–Kier alpha value is -1.49. The smallest absolute Gasteiger partial charge is 0.224 e. The van der Waals surface area contributed by atoms with Crippen molar-refractivity contribution in [2.75, 3.05) is 5.32 Å². The first kappa shape index (κ1) is 16.6. The van der Waals surface area contributed by atoms with E-state index in [4.69, 9.17) is 18.0 Å². The van der Waals surface area contributed by atoms with Crippen LogP contribution in [-0.4, -0.2) is 10.9 Å². The van der Waals surface area contributed by atoms with Crippen LogP contribution in [0.5, 0.6) is 0 Å². The fourth-order valence-electron chi connectivity index (χ4n) is 1.93. The third-order valence-corrected chi connectivity index (χ3v) is 3.25. The Bertz CT molecular complexity index is 477. The lowest BCUT2D eigenvalue weighted by molar-refractivity contribution is -0.116. The van der Waals surface area contributed by atoms with Crippen molar-refractivity contribution in [1.82, 2.24) is 0 Å². The summed E-state index contributed by atoms with van der Waals surface area (Å²) in [6, 6.07) is 4.00. The van der Waals surface area contributed by atoms with Gasteiger partial charge in [-0.2, -0.15) is 0 Å². The van der Waals surface area contributed by atoms with Gasteiger partial charge in [-0.1, -0.05) is 44.8 Å².